The highest BCUT2D eigenvalue weighted by atomic mass is 16.5. The van der Waals surface area contributed by atoms with E-state index in [1.165, 1.54) is 0 Å². The van der Waals surface area contributed by atoms with Gasteiger partial charge in [-0.3, -0.25) is 0 Å². The molecule has 0 bridgehead atoms. The summed E-state index contributed by atoms with van der Waals surface area (Å²) in [6.07, 6.45) is 0.817. The third-order valence-corrected chi connectivity index (χ3v) is 4.49. The van der Waals surface area contributed by atoms with E-state index in [2.05, 4.69) is 9.88 Å². The number of nitrogens with zero attached hydrogens (tertiary/aromatic N) is 1. The number of benzene rings is 2. The number of esters is 1. The molecule has 0 unspecified atom stereocenters. The first kappa shape index (κ1) is 21.7. The van der Waals surface area contributed by atoms with Gasteiger partial charge >= 0.3 is 5.97 Å². The van der Waals surface area contributed by atoms with Gasteiger partial charge in [-0.15, -0.1) is 0 Å². The maximum atomic E-state index is 12.5. The van der Waals surface area contributed by atoms with Gasteiger partial charge in [-0.2, -0.15) is 0 Å². The molecule has 6 nitrogen and oxygen atoms in total. The minimum atomic E-state index is -0.370. The topological polar surface area (TPSA) is 63.8 Å². The Kier molecular flexibility index (Phi) is 7.36. The molecule has 0 aliphatic heterocycles. The number of aromatic nitrogens is 1. The zero-order chi connectivity index (χ0) is 21.5. The van der Waals surface area contributed by atoms with Gasteiger partial charge in [0.05, 0.1) is 18.2 Å². The lowest BCUT2D eigenvalue weighted by molar-refractivity contribution is 0.0487. The van der Waals surface area contributed by atoms with Crippen molar-refractivity contribution in [3.63, 3.8) is 0 Å². The summed E-state index contributed by atoms with van der Waals surface area (Å²) in [5.74, 6) is 0.980. The Morgan fingerprint density at radius 3 is 2.57 bits per heavy atom. The van der Waals surface area contributed by atoms with Crippen LogP contribution in [0.1, 0.15) is 36.3 Å². The van der Waals surface area contributed by atoms with Gasteiger partial charge in [0.15, 0.2) is 0 Å². The van der Waals surface area contributed by atoms with E-state index >= 15 is 0 Å². The third-order valence-electron chi connectivity index (χ3n) is 4.49. The Hall–Kier alpha value is -2.99. The van der Waals surface area contributed by atoms with E-state index in [0.717, 1.165) is 29.4 Å². The molecular formula is C24H30N2O4. The largest absolute Gasteiger partial charge is 0.491 e. The van der Waals surface area contributed by atoms with Crippen LogP contribution in [0.3, 0.4) is 0 Å². The van der Waals surface area contributed by atoms with Crippen LogP contribution in [0.5, 0.6) is 11.5 Å². The van der Waals surface area contributed by atoms with Crippen molar-refractivity contribution in [2.45, 2.75) is 33.0 Å². The highest BCUT2D eigenvalue weighted by Crippen LogP contribution is 2.33. The van der Waals surface area contributed by atoms with Gasteiger partial charge in [0.2, 0.25) is 0 Å². The summed E-state index contributed by atoms with van der Waals surface area (Å²) in [5.41, 5.74) is 2.24. The number of hydrogen-bond acceptors (Lipinski definition) is 5. The van der Waals surface area contributed by atoms with Gasteiger partial charge in [-0.05, 0) is 46.0 Å². The molecule has 0 aliphatic rings. The fraction of sp³-hybridized carbons (Fsp3) is 0.375. The number of fused-ring (bicyclic) bond motifs is 1. The summed E-state index contributed by atoms with van der Waals surface area (Å²) in [6, 6.07) is 15.5. The molecule has 3 rings (SSSR count). The minimum absolute atomic E-state index is 0.0283. The number of ether oxygens (including phenoxy) is 3. The SMILES string of the molecule is CC(C)Oc1cc(OCc2ccccc2)c2cc(C(=O)OCCCN(C)C)[nH]c2c1. The molecule has 0 aliphatic carbocycles. The zero-order valence-corrected chi connectivity index (χ0v) is 18.1. The van der Waals surface area contributed by atoms with Crippen molar-refractivity contribution in [1.29, 1.82) is 0 Å². The predicted octanol–water partition coefficient (Wildman–Crippen LogP) is 4.64. The monoisotopic (exact) mass is 410 g/mol. The molecule has 1 N–H and O–H groups in total. The van der Waals surface area contributed by atoms with Crippen LogP contribution in [0, 0.1) is 0 Å². The molecule has 6 heteroatoms. The molecule has 30 heavy (non-hydrogen) atoms. The smallest absolute Gasteiger partial charge is 0.354 e. The molecule has 0 saturated carbocycles. The van der Waals surface area contributed by atoms with Crippen molar-refractivity contribution in [1.82, 2.24) is 9.88 Å². The van der Waals surface area contributed by atoms with Crippen molar-refractivity contribution in [3.8, 4) is 11.5 Å². The summed E-state index contributed by atoms with van der Waals surface area (Å²) in [7, 11) is 3.99. The summed E-state index contributed by atoms with van der Waals surface area (Å²) in [4.78, 5) is 17.7. The van der Waals surface area contributed by atoms with Crippen LogP contribution in [0.2, 0.25) is 0 Å². The number of nitrogens with one attached hydrogen (secondary N) is 1. The fourth-order valence-corrected chi connectivity index (χ4v) is 3.11. The predicted molar refractivity (Wildman–Crippen MR) is 118 cm³/mol. The number of carbonyl (C=O) groups excluding carboxylic acids is 1. The number of H-pyrrole nitrogens is 1. The van der Waals surface area contributed by atoms with E-state index in [4.69, 9.17) is 14.2 Å². The average Bonchev–Trinajstić information content (AvgIpc) is 3.14. The van der Waals surface area contributed by atoms with Gasteiger partial charge in [0, 0.05) is 24.1 Å². The first-order valence-corrected chi connectivity index (χ1v) is 10.2. The maximum Gasteiger partial charge on any atom is 0.354 e. The van der Waals surface area contributed by atoms with Crippen LogP contribution in [0.15, 0.2) is 48.5 Å². The van der Waals surface area contributed by atoms with Crippen LogP contribution in [0.25, 0.3) is 10.9 Å². The second-order valence-electron chi connectivity index (χ2n) is 7.80. The average molecular weight is 411 g/mol. The van der Waals surface area contributed by atoms with E-state index < -0.39 is 0 Å². The lowest BCUT2D eigenvalue weighted by Crippen LogP contribution is -2.16. The Morgan fingerprint density at radius 2 is 1.87 bits per heavy atom. The molecule has 0 atom stereocenters. The molecule has 0 fully saturated rings. The molecule has 0 spiro atoms. The number of aromatic amines is 1. The minimum Gasteiger partial charge on any atom is -0.491 e. The standard InChI is InChI=1S/C24H30N2O4/c1-17(2)30-19-13-21-20(23(14-19)29-16-18-9-6-5-7-10-18)15-22(25-21)24(27)28-12-8-11-26(3)4/h5-7,9-10,13-15,17,25H,8,11-12,16H2,1-4H3. The van der Waals surface area contributed by atoms with Crippen molar-refractivity contribution >= 4 is 16.9 Å². The molecule has 3 aromatic rings. The highest BCUT2D eigenvalue weighted by Gasteiger charge is 2.16. The second kappa shape index (κ2) is 10.2. The van der Waals surface area contributed by atoms with Crippen LogP contribution in [-0.4, -0.2) is 49.2 Å². The zero-order valence-electron chi connectivity index (χ0n) is 18.1. The van der Waals surface area contributed by atoms with Crippen LogP contribution < -0.4 is 9.47 Å². The Morgan fingerprint density at radius 1 is 1.10 bits per heavy atom. The van der Waals surface area contributed by atoms with Crippen molar-refractivity contribution in [2.75, 3.05) is 27.2 Å². The van der Waals surface area contributed by atoms with E-state index in [1.54, 1.807) is 6.07 Å². The summed E-state index contributed by atoms with van der Waals surface area (Å²) in [6.45, 7) is 5.62. The normalized spacial score (nSPS) is 11.3. The van der Waals surface area contributed by atoms with Crippen molar-refractivity contribution in [3.05, 3.63) is 59.8 Å². The van der Waals surface area contributed by atoms with Crippen molar-refractivity contribution < 1.29 is 19.0 Å². The van der Waals surface area contributed by atoms with E-state index in [1.807, 2.05) is 70.4 Å². The van der Waals surface area contributed by atoms with E-state index in [-0.39, 0.29) is 12.1 Å². The quantitative estimate of drug-likeness (QED) is 0.390. The molecule has 2 aromatic carbocycles. The van der Waals surface area contributed by atoms with Crippen molar-refractivity contribution in [2.24, 2.45) is 0 Å². The maximum absolute atomic E-state index is 12.5. The Balaban J connectivity index is 1.80. The molecule has 0 saturated heterocycles. The van der Waals surface area contributed by atoms with Gasteiger partial charge in [-0.1, -0.05) is 30.3 Å². The molecule has 0 amide bonds. The first-order chi connectivity index (χ1) is 14.4. The summed E-state index contributed by atoms with van der Waals surface area (Å²) < 4.78 is 17.4. The fourth-order valence-electron chi connectivity index (χ4n) is 3.11. The van der Waals surface area contributed by atoms with Crippen LogP contribution in [0.4, 0.5) is 0 Å². The van der Waals surface area contributed by atoms with E-state index in [0.29, 0.717) is 30.4 Å². The Labute approximate surface area is 177 Å². The first-order valence-electron chi connectivity index (χ1n) is 10.2. The van der Waals surface area contributed by atoms with Gasteiger partial charge in [0.25, 0.3) is 0 Å². The molecular weight excluding hydrogens is 380 g/mol. The number of carbonyl (C=O) groups is 1. The van der Waals surface area contributed by atoms with Gasteiger partial charge in [-0.25, -0.2) is 4.79 Å². The van der Waals surface area contributed by atoms with Crippen LogP contribution >= 0.6 is 0 Å². The molecule has 1 heterocycles. The van der Waals surface area contributed by atoms with Gasteiger partial charge in [0.1, 0.15) is 23.8 Å². The summed E-state index contributed by atoms with van der Waals surface area (Å²) in [5, 5.41) is 0.822. The van der Waals surface area contributed by atoms with Gasteiger partial charge < -0.3 is 24.1 Å². The summed E-state index contributed by atoms with van der Waals surface area (Å²) >= 11 is 0. The number of hydrogen-bond donors (Lipinski definition) is 1. The molecule has 0 radical (unpaired) electrons. The lowest BCUT2D eigenvalue weighted by atomic mass is 10.2. The lowest BCUT2D eigenvalue weighted by Gasteiger charge is -2.13. The molecule has 1 aromatic heterocycles. The Bertz CT molecular complexity index is 964. The third kappa shape index (κ3) is 6.00. The second-order valence-corrected chi connectivity index (χ2v) is 7.80. The van der Waals surface area contributed by atoms with E-state index in [9.17, 15) is 4.79 Å². The highest BCUT2D eigenvalue weighted by molar-refractivity contribution is 5.97. The number of rotatable bonds is 10. The van der Waals surface area contributed by atoms with Crippen LogP contribution in [-0.2, 0) is 11.3 Å². The molecule has 160 valence electrons.